The lowest BCUT2D eigenvalue weighted by atomic mass is 10.1. The molecule has 16 heavy (non-hydrogen) atoms. The Hall–Kier alpha value is -0.830. The zero-order valence-electron chi connectivity index (χ0n) is 10.3. The first-order valence-electron chi connectivity index (χ1n) is 5.36. The molecule has 0 aromatic heterocycles. The molecule has 0 saturated carbocycles. The molecule has 0 unspecified atom stereocenters. The lowest BCUT2D eigenvalue weighted by molar-refractivity contribution is 0.559. The standard InChI is InChI=1S/C13H19O2S/c1-11(16(14,15)13(2,3)4)10-12-8-6-5-7-9-12/h5-9H,10H2,1-4H3/q-1. The monoisotopic (exact) mass is 239 g/mol. The molecule has 1 rings (SSSR count). The van der Waals surface area contributed by atoms with E-state index in [1.165, 1.54) is 0 Å². The summed E-state index contributed by atoms with van der Waals surface area (Å²) in [6, 6.07) is 9.67. The van der Waals surface area contributed by atoms with Gasteiger partial charge in [-0.05, 0) is 20.8 Å². The van der Waals surface area contributed by atoms with Gasteiger partial charge in [0.15, 0.2) is 0 Å². The maximum atomic E-state index is 12.1. The van der Waals surface area contributed by atoms with Gasteiger partial charge in [-0.25, -0.2) is 0 Å². The van der Waals surface area contributed by atoms with Crippen molar-refractivity contribution in [3.8, 4) is 0 Å². The van der Waals surface area contributed by atoms with Gasteiger partial charge in [-0.15, -0.1) is 6.42 Å². The van der Waals surface area contributed by atoms with Gasteiger partial charge in [-0.1, -0.05) is 35.9 Å². The fraction of sp³-hybridized carbons (Fsp3) is 0.462. The second-order valence-corrected chi connectivity index (χ2v) is 7.91. The first-order valence-corrected chi connectivity index (χ1v) is 6.84. The molecule has 0 saturated heterocycles. The van der Waals surface area contributed by atoms with Crippen molar-refractivity contribution in [3.05, 3.63) is 41.1 Å². The van der Waals surface area contributed by atoms with Crippen LogP contribution in [-0.2, 0) is 16.3 Å². The highest BCUT2D eigenvalue weighted by molar-refractivity contribution is 7.95. The van der Waals surface area contributed by atoms with Gasteiger partial charge in [-0.3, -0.25) is 8.42 Å². The molecule has 0 spiro atoms. The lowest BCUT2D eigenvalue weighted by Gasteiger charge is -2.34. The molecule has 0 aliphatic rings. The average molecular weight is 239 g/mol. The van der Waals surface area contributed by atoms with E-state index >= 15 is 0 Å². The van der Waals surface area contributed by atoms with Crippen molar-refractivity contribution in [2.45, 2.75) is 38.9 Å². The Morgan fingerprint density at radius 3 is 2.06 bits per heavy atom. The molecule has 0 N–H and O–H groups in total. The van der Waals surface area contributed by atoms with Crippen molar-refractivity contribution in [2.24, 2.45) is 0 Å². The zero-order chi connectivity index (χ0) is 12.4. The SMILES string of the molecule is C[C-](Cc1ccccc1)S(=O)(=O)C(C)(C)C. The summed E-state index contributed by atoms with van der Waals surface area (Å²) in [7, 11) is -3.16. The van der Waals surface area contributed by atoms with E-state index in [4.69, 9.17) is 0 Å². The van der Waals surface area contributed by atoms with Crippen LogP contribution in [0.4, 0.5) is 0 Å². The number of hydrogen-bond donors (Lipinski definition) is 0. The van der Waals surface area contributed by atoms with E-state index < -0.39 is 14.6 Å². The molecular formula is C13H19O2S-. The van der Waals surface area contributed by atoms with Gasteiger partial charge in [-0.2, -0.15) is 12.2 Å². The van der Waals surface area contributed by atoms with Gasteiger partial charge in [0.1, 0.15) is 0 Å². The Morgan fingerprint density at radius 1 is 1.12 bits per heavy atom. The Kier molecular flexibility index (Phi) is 3.79. The Bertz CT molecular complexity index is 427. The molecule has 3 heteroatoms. The third-order valence-electron chi connectivity index (χ3n) is 2.56. The highest BCUT2D eigenvalue weighted by Crippen LogP contribution is 2.27. The molecule has 0 bridgehead atoms. The second-order valence-electron chi connectivity index (χ2n) is 4.98. The van der Waals surface area contributed by atoms with Crippen LogP contribution in [0.5, 0.6) is 0 Å². The van der Waals surface area contributed by atoms with Crippen LogP contribution in [0.15, 0.2) is 30.3 Å². The van der Waals surface area contributed by atoms with Crippen LogP contribution >= 0.6 is 0 Å². The third-order valence-corrected chi connectivity index (χ3v) is 5.24. The summed E-state index contributed by atoms with van der Waals surface area (Å²) in [6.45, 7) is 6.90. The molecule has 0 aliphatic heterocycles. The highest BCUT2D eigenvalue weighted by Gasteiger charge is 2.25. The second kappa shape index (κ2) is 4.58. The zero-order valence-corrected chi connectivity index (χ0v) is 11.1. The first-order chi connectivity index (χ1) is 7.25. The molecule has 0 radical (unpaired) electrons. The van der Waals surface area contributed by atoms with E-state index in [0.29, 0.717) is 11.7 Å². The van der Waals surface area contributed by atoms with Crippen LogP contribution in [-0.4, -0.2) is 13.2 Å². The molecule has 1 aromatic rings. The van der Waals surface area contributed by atoms with Crippen molar-refractivity contribution < 1.29 is 8.42 Å². The molecule has 2 nitrogen and oxygen atoms in total. The summed E-state index contributed by atoms with van der Waals surface area (Å²) in [5.41, 5.74) is 1.04. The third kappa shape index (κ3) is 2.85. The molecule has 90 valence electrons. The fourth-order valence-electron chi connectivity index (χ4n) is 1.50. The van der Waals surface area contributed by atoms with E-state index in [1.54, 1.807) is 27.7 Å². The van der Waals surface area contributed by atoms with Gasteiger partial charge in [0.05, 0.1) is 0 Å². The summed E-state index contributed by atoms with van der Waals surface area (Å²) >= 11 is 0. The van der Waals surface area contributed by atoms with Gasteiger partial charge < -0.3 is 0 Å². The minimum atomic E-state index is -3.16. The van der Waals surface area contributed by atoms with E-state index in [-0.39, 0.29) is 0 Å². The summed E-state index contributed by atoms with van der Waals surface area (Å²) in [6.07, 6.45) is 0.500. The summed E-state index contributed by atoms with van der Waals surface area (Å²) < 4.78 is 23.5. The Balaban J connectivity index is 2.86. The molecule has 1 aromatic carbocycles. The molecule has 0 fully saturated rings. The Morgan fingerprint density at radius 2 is 1.62 bits per heavy atom. The quantitative estimate of drug-likeness (QED) is 0.760. The van der Waals surface area contributed by atoms with Gasteiger partial charge in [0.25, 0.3) is 0 Å². The first kappa shape index (κ1) is 13.2. The average Bonchev–Trinajstić information content (AvgIpc) is 2.17. The maximum Gasteiger partial charge on any atom is 0.0356 e. The summed E-state index contributed by atoms with van der Waals surface area (Å²) in [4.78, 5) is 0. The van der Waals surface area contributed by atoms with Crippen LogP contribution in [0.1, 0.15) is 33.3 Å². The fourth-order valence-corrected chi connectivity index (χ4v) is 2.90. The Labute approximate surface area is 98.6 Å². The highest BCUT2D eigenvalue weighted by atomic mass is 32.2. The predicted molar refractivity (Wildman–Crippen MR) is 67.7 cm³/mol. The van der Waals surface area contributed by atoms with E-state index in [0.717, 1.165) is 5.56 Å². The van der Waals surface area contributed by atoms with Crippen LogP contribution in [0, 0.1) is 5.25 Å². The van der Waals surface area contributed by atoms with Crippen molar-refractivity contribution >= 4 is 9.84 Å². The van der Waals surface area contributed by atoms with Crippen molar-refractivity contribution in [1.29, 1.82) is 0 Å². The topological polar surface area (TPSA) is 34.1 Å². The van der Waals surface area contributed by atoms with Crippen molar-refractivity contribution in [3.63, 3.8) is 0 Å². The molecule has 0 aliphatic carbocycles. The lowest BCUT2D eigenvalue weighted by Crippen LogP contribution is -2.32. The molecule has 0 amide bonds. The van der Waals surface area contributed by atoms with Crippen molar-refractivity contribution in [2.75, 3.05) is 0 Å². The summed E-state index contributed by atoms with van der Waals surface area (Å²) in [5, 5.41) is 0.534. The number of sulfone groups is 1. The maximum absolute atomic E-state index is 12.1. The molecular weight excluding hydrogens is 220 g/mol. The predicted octanol–water partition coefficient (Wildman–Crippen LogP) is 2.99. The van der Waals surface area contributed by atoms with E-state index in [9.17, 15) is 8.42 Å². The van der Waals surface area contributed by atoms with E-state index in [2.05, 4.69) is 0 Å². The van der Waals surface area contributed by atoms with E-state index in [1.807, 2.05) is 30.3 Å². The van der Waals surface area contributed by atoms with Crippen LogP contribution in [0.3, 0.4) is 0 Å². The van der Waals surface area contributed by atoms with Crippen LogP contribution < -0.4 is 0 Å². The van der Waals surface area contributed by atoms with Crippen LogP contribution in [0.2, 0.25) is 0 Å². The largest absolute Gasteiger partial charge is 0.262 e. The minimum absolute atomic E-state index is 0.500. The number of benzene rings is 1. The van der Waals surface area contributed by atoms with Gasteiger partial charge >= 0.3 is 0 Å². The van der Waals surface area contributed by atoms with Gasteiger partial charge in [0, 0.05) is 14.6 Å². The smallest absolute Gasteiger partial charge is 0.0356 e. The number of rotatable bonds is 3. The summed E-state index contributed by atoms with van der Waals surface area (Å²) in [5.74, 6) is 0. The normalized spacial score (nSPS) is 13.1. The van der Waals surface area contributed by atoms with Crippen LogP contribution in [0.25, 0.3) is 0 Å². The molecule has 0 atom stereocenters. The number of hydrogen-bond acceptors (Lipinski definition) is 2. The molecule has 0 heterocycles. The van der Waals surface area contributed by atoms with Crippen molar-refractivity contribution in [1.82, 2.24) is 0 Å². The van der Waals surface area contributed by atoms with Gasteiger partial charge in [0.2, 0.25) is 0 Å². The minimum Gasteiger partial charge on any atom is -0.262 e.